The van der Waals surface area contributed by atoms with Crippen LogP contribution in [0.4, 0.5) is 9.18 Å². The molecule has 0 radical (unpaired) electrons. The highest BCUT2D eigenvalue weighted by Crippen LogP contribution is 2.35. The molecule has 150 valence electrons. The zero-order valence-corrected chi connectivity index (χ0v) is 16.0. The zero-order chi connectivity index (χ0) is 19.4. The fraction of sp³-hybridized carbons (Fsp3) is 0.524. The number of amides is 2. The number of nitrogens with one attached hydrogen (secondary N) is 2. The van der Waals surface area contributed by atoms with Crippen LogP contribution < -0.4 is 5.32 Å². The molecule has 6 nitrogen and oxygen atoms in total. The number of H-pyrrole nitrogens is 1. The Morgan fingerprint density at radius 2 is 2.04 bits per heavy atom. The van der Waals surface area contributed by atoms with E-state index in [1.165, 1.54) is 12.1 Å². The van der Waals surface area contributed by atoms with Crippen LogP contribution in [0.2, 0.25) is 0 Å². The van der Waals surface area contributed by atoms with Gasteiger partial charge in [0.15, 0.2) is 0 Å². The highest BCUT2D eigenvalue weighted by atomic mass is 19.1. The molecule has 2 amide bonds. The quantitative estimate of drug-likeness (QED) is 0.844. The number of likely N-dealkylation sites (tertiary alicyclic amines) is 1. The van der Waals surface area contributed by atoms with Crippen molar-refractivity contribution in [3.8, 4) is 0 Å². The van der Waals surface area contributed by atoms with E-state index in [-0.39, 0.29) is 23.3 Å². The molecule has 2 aliphatic rings. The van der Waals surface area contributed by atoms with E-state index in [0.717, 1.165) is 49.9 Å². The lowest BCUT2D eigenvalue weighted by Gasteiger charge is -2.40. The second-order valence-electron chi connectivity index (χ2n) is 7.78. The van der Waals surface area contributed by atoms with Gasteiger partial charge in [-0.2, -0.15) is 5.10 Å². The third-order valence-electron chi connectivity index (χ3n) is 6.13. The lowest BCUT2D eigenvalue weighted by atomic mass is 9.74. The number of benzene rings is 1. The summed E-state index contributed by atoms with van der Waals surface area (Å²) in [6.45, 7) is 2.55. The molecule has 3 heterocycles. The van der Waals surface area contributed by atoms with Crippen molar-refractivity contribution >= 4 is 6.03 Å². The first-order valence-electron chi connectivity index (χ1n) is 10.1. The third kappa shape index (κ3) is 3.90. The summed E-state index contributed by atoms with van der Waals surface area (Å²) in [5.74, 6) is -0.245. The van der Waals surface area contributed by atoms with E-state index in [1.807, 2.05) is 23.1 Å². The Labute approximate surface area is 164 Å². The second kappa shape index (κ2) is 8.31. The molecule has 0 bridgehead atoms. The summed E-state index contributed by atoms with van der Waals surface area (Å²) in [7, 11) is 0. The summed E-state index contributed by atoms with van der Waals surface area (Å²) >= 11 is 0. The number of ether oxygens (including phenoxy) is 1. The molecule has 28 heavy (non-hydrogen) atoms. The molecular weight excluding hydrogens is 359 g/mol. The molecule has 4 rings (SSSR count). The van der Waals surface area contributed by atoms with Crippen molar-refractivity contribution in [3.05, 3.63) is 53.6 Å². The maximum absolute atomic E-state index is 13.4. The Kier molecular flexibility index (Phi) is 5.62. The fourth-order valence-corrected chi connectivity index (χ4v) is 4.43. The molecule has 1 unspecified atom stereocenters. The largest absolute Gasteiger partial charge is 0.381 e. The third-order valence-corrected chi connectivity index (χ3v) is 6.13. The van der Waals surface area contributed by atoms with Gasteiger partial charge in [-0.1, -0.05) is 12.1 Å². The van der Waals surface area contributed by atoms with Gasteiger partial charge in [0.1, 0.15) is 5.82 Å². The number of halogens is 1. The minimum atomic E-state index is -0.245. The number of hydrogen-bond acceptors (Lipinski definition) is 3. The Morgan fingerprint density at radius 3 is 2.75 bits per heavy atom. The predicted octanol–water partition coefficient (Wildman–Crippen LogP) is 3.53. The highest BCUT2D eigenvalue weighted by molar-refractivity contribution is 5.75. The lowest BCUT2D eigenvalue weighted by molar-refractivity contribution is 0.0495. The Balaban J connectivity index is 1.48. The van der Waals surface area contributed by atoms with E-state index in [4.69, 9.17) is 4.74 Å². The van der Waals surface area contributed by atoms with Crippen molar-refractivity contribution < 1.29 is 13.9 Å². The molecule has 2 aliphatic heterocycles. The number of carbonyl (C=O) groups excluding carboxylic acids is 1. The summed E-state index contributed by atoms with van der Waals surface area (Å²) in [6.07, 6.45) is 6.39. The number of nitrogens with zero attached hydrogens (tertiary/aromatic N) is 2. The van der Waals surface area contributed by atoms with Crippen LogP contribution in [-0.4, -0.2) is 47.4 Å². The smallest absolute Gasteiger partial charge is 0.317 e. The van der Waals surface area contributed by atoms with Gasteiger partial charge in [0.25, 0.3) is 0 Å². The molecule has 1 aromatic carbocycles. The van der Waals surface area contributed by atoms with Crippen LogP contribution in [0.3, 0.4) is 0 Å². The average molecular weight is 386 g/mol. The van der Waals surface area contributed by atoms with Crippen LogP contribution in [0.25, 0.3) is 0 Å². The fourth-order valence-electron chi connectivity index (χ4n) is 4.43. The summed E-state index contributed by atoms with van der Waals surface area (Å²) in [5, 5.41) is 10.2. The monoisotopic (exact) mass is 386 g/mol. The number of aromatic nitrogens is 2. The normalized spacial score (nSPS) is 22.0. The number of aromatic amines is 1. The van der Waals surface area contributed by atoms with E-state index in [1.54, 1.807) is 6.20 Å². The number of rotatable bonds is 4. The van der Waals surface area contributed by atoms with Crippen molar-refractivity contribution in [2.75, 3.05) is 26.3 Å². The van der Waals surface area contributed by atoms with Gasteiger partial charge >= 0.3 is 6.03 Å². The molecule has 1 atom stereocenters. The molecule has 2 N–H and O–H groups in total. The van der Waals surface area contributed by atoms with Crippen molar-refractivity contribution in [3.63, 3.8) is 0 Å². The Bertz CT molecular complexity index is 772. The van der Waals surface area contributed by atoms with Crippen LogP contribution in [-0.2, 0) is 10.2 Å². The Morgan fingerprint density at radius 1 is 1.25 bits per heavy atom. The summed E-state index contributed by atoms with van der Waals surface area (Å²) in [4.78, 5) is 15.0. The molecule has 2 fully saturated rings. The van der Waals surface area contributed by atoms with Gasteiger partial charge in [-0.05, 0) is 55.9 Å². The van der Waals surface area contributed by atoms with E-state index in [2.05, 4.69) is 15.5 Å². The molecule has 7 heteroatoms. The van der Waals surface area contributed by atoms with Gasteiger partial charge < -0.3 is 15.0 Å². The van der Waals surface area contributed by atoms with Crippen LogP contribution in [0.1, 0.15) is 49.4 Å². The molecule has 0 saturated carbocycles. The maximum atomic E-state index is 13.4. The van der Waals surface area contributed by atoms with E-state index in [0.29, 0.717) is 19.8 Å². The first kappa shape index (κ1) is 18.9. The summed E-state index contributed by atoms with van der Waals surface area (Å²) < 4.78 is 19.0. The van der Waals surface area contributed by atoms with Gasteiger partial charge in [0.2, 0.25) is 0 Å². The van der Waals surface area contributed by atoms with Gasteiger partial charge in [-0.25, -0.2) is 9.18 Å². The van der Waals surface area contributed by atoms with E-state index in [9.17, 15) is 9.18 Å². The highest BCUT2D eigenvalue weighted by Gasteiger charge is 2.36. The van der Waals surface area contributed by atoms with Crippen molar-refractivity contribution in [2.24, 2.45) is 0 Å². The Hall–Kier alpha value is -2.41. The van der Waals surface area contributed by atoms with Crippen molar-refractivity contribution in [1.82, 2.24) is 20.4 Å². The molecule has 0 spiro atoms. The van der Waals surface area contributed by atoms with E-state index < -0.39 is 0 Å². The lowest BCUT2D eigenvalue weighted by Crippen LogP contribution is -2.50. The molecule has 0 aliphatic carbocycles. The van der Waals surface area contributed by atoms with Gasteiger partial charge in [-0.3, -0.25) is 5.10 Å². The first-order chi connectivity index (χ1) is 13.7. The number of piperidine rings is 1. The SMILES string of the molecule is O=C(NCC1(c2ccc(F)cc2)CCOCC1)N1CCCCC1c1ccn[nH]1. The second-order valence-corrected chi connectivity index (χ2v) is 7.78. The number of urea groups is 1. The van der Waals surface area contributed by atoms with Crippen LogP contribution in [0.15, 0.2) is 36.5 Å². The van der Waals surface area contributed by atoms with Crippen LogP contribution >= 0.6 is 0 Å². The minimum absolute atomic E-state index is 0.0349. The molecule has 2 aromatic rings. The number of carbonyl (C=O) groups is 1. The summed E-state index contributed by atoms with van der Waals surface area (Å²) in [6, 6.07) is 8.58. The zero-order valence-electron chi connectivity index (χ0n) is 16.0. The molecular formula is C21H27FN4O2. The molecule has 1 aromatic heterocycles. The standard InChI is InChI=1S/C21H27FN4O2/c22-17-6-4-16(5-7-17)21(9-13-28-14-10-21)15-23-20(27)26-12-2-1-3-19(26)18-8-11-24-25-18/h4-8,11,19H,1-3,9-10,12-15H2,(H,23,27)(H,24,25). The minimum Gasteiger partial charge on any atom is -0.381 e. The van der Waals surface area contributed by atoms with Gasteiger partial charge in [0.05, 0.1) is 11.7 Å². The van der Waals surface area contributed by atoms with Crippen molar-refractivity contribution in [2.45, 2.75) is 43.6 Å². The average Bonchev–Trinajstić information content (AvgIpc) is 3.28. The summed E-state index contributed by atoms with van der Waals surface area (Å²) in [5.41, 5.74) is 1.82. The predicted molar refractivity (Wildman–Crippen MR) is 103 cm³/mol. The van der Waals surface area contributed by atoms with Gasteiger partial charge in [-0.15, -0.1) is 0 Å². The van der Waals surface area contributed by atoms with Gasteiger partial charge in [0, 0.05) is 37.9 Å². The van der Waals surface area contributed by atoms with Crippen molar-refractivity contribution in [1.29, 1.82) is 0 Å². The first-order valence-corrected chi connectivity index (χ1v) is 10.1. The van der Waals surface area contributed by atoms with E-state index >= 15 is 0 Å². The number of hydrogen-bond donors (Lipinski definition) is 2. The molecule has 2 saturated heterocycles. The van der Waals surface area contributed by atoms with Crippen LogP contribution in [0.5, 0.6) is 0 Å². The maximum Gasteiger partial charge on any atom is 0.317 e. The topological polar surface area (TPSA) is 70.2 Å². The van der Waals surface area contributed by atoms with Crippen LogP contribution in [0, 0.1) is 5.82 Å².